The van der Waals surface area contributed by atoms with Crippen LogP contribution in [0.3, 0.4) is 0 Å². The fraction of sp³-hybridized carbons (Fsp3) is 0.421. The van der Waals surface area contributed by atoms with Crippen molar-refractivity contribution in [1.29, 1.82) is 0 Å². The van der Waals surface area contributed by atoms with Crippen LogP contribution in [-0.2, 0) is 11.2 Å². The molecule has 1 unspecified atom stereocenters. The van der Waals surface area contributed by atoms with E-state index >= 15 is 0 Å². The summed E-state index contributed by atoms with van der Waals surface area (Å²) in [6, 6.07) is 9.45. The lowest BCUT2D eigenvalue weighted by Crippen LogP contribution is -2.36. The van der Waals surface area contributed by atoms with Gasteiger partial charge >= 0.3 is 0 Å². The Bertz CT molecular complexity index is 697. The van der Waals surface area contributed by atoms with Crippen LogP contribution in [0.1, 0.15) is 36.6 Å². The lowest BCUT2D eigenvalue weighted by Gasteiger charge is -2.26. The van der Waals surface area contributed by atoms with Gasteiger partial charge in [-0.25, -0.2) is 0 Å². The monoisotopic (exact) mass is 380 g/mol. The van der Waals surface area contributed by atoms with Crippen molar-refractivity contribution in [1.82, 2.24) is 10.2 Å². The first kappa shape index (κ1) is 18.3. The number of carbonyl (C=O) groups excluding carboxylic acids is 1. The van der Waals surface area contributed by atoms with Crippen molar-refractivity contribution in [3.8, 4) is 0 Å². The van der Waals surface area contributed by atoms with Gasteiger partial charge in [-0.1, -0.05) is 29.3 Å². The minimum Gasteiger partial charge on any atom is -0.468 e. The third-order valence-electron chi connectivity index (χ3n) is 4.57. The zero-order chi connectivity index (χ0) is 17.6. The van der Waals surface area contributed by atoms with E-state index in [1.54, 1.807) is 12.3 Å². The van der Waals surface area contributed by atoms with E-state index < -0.39 is 0 Å². The fourth-order valence-electron chi connectivity index (χ4n) is 3.20. The third-order valence-corrected chi connectivity index (χ3v) is 5.31. The Balaban J connectivity index is 1.51. The topological polar surface area (TPSA) is 45.5 Å². The fourth-order valence-corrected chi connectivity index (χ4v) is 3.52. The summed E-state index contributed by atoms with van der Waals surface area (Å²) in [5.74, 6) is 0.938. The number of carbonyl (C=O) groups is 1. The molecule has 0 saturated carbocycles. The largest absolute Gasteiger partial charge is 0.468 e. The Hall–Kier alpha value is -1.49. The van der Waals surface area contributed by atoms with Crippen molar-refractivity contribution >= 4 is 29.1 Å². The van der Waals surface area contributed by atoms with Crippen LogP contribution in [0.15, 0.2) is 41.0 Å². The second kappa shape index (κ2) is 8.75. The second-order valence-electron chi connectivity index (χ2n) is 6.33. The summed E-state index contributed by atoms with van der Waals surface area (Å²) < 4.78 is 5.57. The molecular formula is C19H22Cl2N2O2. The highest BCUT2D eigenvalue weighted by molar-refractivity contribution is 6.42. The molecule has 1 N–H and O–H groups in total. The molecule has 0 bridgehead atoms. The van der Waals surface area contributed by atoms with Crippen LogP contribution in [0.2, 0.25) is 10.0 Å². The number of rotatable bonds is 7. The van der Waals surface area contributed by atoms with Gasteiger partial charge in [-0.05, 0) is 62.2 Å². The van der Waals surface area contributed by atoms with Gasteiger partial charge in [0.05, 0.1) is 22.4 Å². The van der Waals surface area contributed by atoms with Crippen LogP contribution in [0, 0.1) is 0 Å². The van der Waals surface area contributed by atoms with Crippen molar-refractivity contribution < 1.29 is 9.21 Å². The zero-order valence-corrected chi connectivity index (χ0v) is 15.5. The normalized spacial score (nSPS) is 16.1. The van der Waals surface area contributed by atoms with Gasteiger partial charge in [0.1, 0.15) is 5.76 Å². The minimum absolute atomic E-state index is 0.0295. The predicted molar refractivity (Wildman–Crippen MR) is 100 cm³/mol. The molecule has 1 atom stereocenters. The first-order valence-corrected chi connectivity index (χ1v) is 9.37. The van der Waals surface area contributed by atoms with Crippen LogP contribution < -0.4 is 5.32 Å². The van der Waals surface area contributed by atoms with Crippen molar-refractivity contribution in [3.05, 3.63) is 58.0 Å². The van der Waals surface area contributed by atoms with Gasteiger partial charge in [0.15, 0.2) is 0 Å². The molecule has 6 heteroatoms. The molecule has 1 amide bonds. The Kier molecular flexibility index (Phi) is 6.40. The number of benzene rings is 1. The number of nitrogens with one attached hydrogen (secondary N) is 1. The molecule has 1 aromatic heterocycles. The van der Waals surface area contributed by atoms with Crippen LogP contribution in [-0.4, -0.2) is 30.4 Å². The number of amides is 1. The van der Waals surface area contributed by atoms with E-state index in [0.717, 1.165) is 24.4 Å². The smallest absolute Gasteiger partial charge is 0.220 e. The van der Waals surface area contributed by atoms with E-state index in [4.69, 9.17) is 27.6 Å². The van der Waals surface area contributed by atoms with E-state index in [1.807, 2.05) is 24.3 Å². The summed E-state index contributed by atoms with van der Waals surface area (Å²) >= 11 is 11.9. The number of aryl methyl sites for hydroxylation is 1. The summed E-state index contributed by atoms with van der Waals surface area (Å²) in [6.07, 6.45) is 5.14. The third kappa shape index (κ3) is 5.00. The van der Waals surface area contributed by atoms with Crippen molar-refractivity contribution in [2.75, 3.05) is 19.6 Å². The van der Waals surface area contributed by atoms with Crippen molar-refractivity contribution in [3.63, 3.8) is 0 Å². The SMILES string of the molecule is O=C(CCc1ccc(Cl)c(Cl)c1)NCC(c1ccco1)N1CCCC1. The molecule has 3 rings (SSSR count). The molecule has 0 spiro atoms. The van der Waals surface area contributed by atoms with Gasteiger partial charge in [0.2, 0.25) is 5.91 Å². The molecule has 1 aliphatic heterocycles. The molecule has 1 saturated heterocycles. The number of hydrogen-bond donors (Lipinski definition) is 1. The number of nitrogens with zero attached hydrogens (tertiary/aromatic N) is 1. The maximum Gasteiger partial charge on any atom is 0.220 e. The first-order valence-electron chi connectivity index (χ1n) is 8.61. The maximum absolute atomic E-state index is 12.2. The number of halogens is 2. The lowest BCUT2D eigenvalue weighted by atomic mass is 10.1. The summed E-state index contributed by atoms with van der Waals surface area (Å²) in [7, 11) is 0. The molecule has 0 radical (unpaired) electrons. The molecule has 1 aromatic carbocycles. The molecule has 1 fully saturated rings. The zero-order valence-electron chi connectivity index (χ0n) is 14.0. The quantitative estimate of drug-likeness (QED) is 0.770. The summed E-state index contributed by atoms with van der Waals surface area (Å²) in [6.45, 7) is 2.66. The lowest BCUT2D eigenvalue weighted by molar-refractivity contribution is -0.121. The van der Waals surface area contributed by atoms with Crippen LogP contribution in [0.5, 0.6) is 0 Å². The van der Waals surface area contributed by atoms with Crippen molar-refractivity contribution in [2.45, 2.75) is 31.7 Å². The summed E-state index contributed by atoms with van der Waals surface area (Å²) in [4.78, 5) is 14.6. The molecule has 2 heterocycles. The Morgan fingerprint density at radius 2 is 2.00 bits per heavy atom. The number of likely N-dealkylation sites (tertiary alicyclic amines) is 1. The second-order valence-corrected chi connectivity index (χ2v) is 7.14. The van der Waals surface area contributed by atoms with Gasteiger partial charge in [-0.15, -0.1) is 0 Å². The maximum atomic E-state index is 12.2. The van der Waals surface area contributed by atoms with E-state index in [1.165, 1.54) is 12.8 Å². The highest BCUT2D eigenvalue weighted by atomic mass is 35.5. The molecule has 2 aromatic rings. The molecule has 4 nitrogen and oxygen atoms in total. The van der Waals surface area contributed by atoms with Crippen LogP contribution in [0.25, 0.3) is 0 Å². The van der Waals surface area contributed by atoms with E-state index in [9.17, 15) is 4.79 Å². The molecule has 0 aliphatic carbocycles. The molecular weight excluding hydrogens is 359 g/mol. The Morgan fingerprint density at radius 1 is 1.20 bits per heavy atom. The Labute approximate surface area is 158 Å². The van der Waals surface area contributed by atoms with E-state index in [2.05, 4.69) is 10.2 Å². The summed E-state index contributed by atoms with van der Waals surface area (Å²) in [5.41, 5.74) is 1.01. The highest BCUT2D eigenvalue weighted by Crippen LogP contribution is 2.25. The highest BCUT2D eigenvalue weighted by Gasteiger charge is 2.25. The Morgan fingerprint density at radius 3 is 2.68 bits per heavy atom. The standard InChI is InChI=1S/C19H22Cl2N2O2/c20-15-7-5-14(12-16(15)21)6-8-19(24)22-13-17(18-4-3-11-25-18)23-9-1-2-10-23/h3-5,7,11-12,17H,1-2,6,8-10,13H2,(H,22,24). The van der Waals surface area contributed by atoms with Crippen LogP contribution in [0.4, 0.5) is 0 Å². The number of hydrogen-bond acceptors (Lipinski definition) is 3. The van der Waals surface area contributed by atoms with Gasteiger partial charge in [-0.3, -0.25) is 9.69 Å². The van der Waals surface area contributed by atoms with Gasteiger partial charge < -0.3 is 9.73 Å². The van der Waals surface area contributed by atoms with Gasteiger partial charge in [0, 0.05) is 13.0 Å². The minimum atomic E-state index is 0.0295. The molecule has 134 valence electrons. The van der Waals surface area contributed by atoms with Gasteiger partial charge in [0.25, 0.3) is 0 Å². The average Bonchev–Trinajstić information content (AvgIpc) is 3.30. The number of furan rings is 1. The average molecular weight is 381 g/mol. The summed E-state index contributed by atoms with van der Waals surface area (Å²) in [5, 5.41) is 4.09. The van der Waals surface area contributed by atoms with Gasteiger partial charge in [-0.2, -0.15) is 0 Å². The molecule has 1 aliphatic rings. The van der Waals surface area contributed by atoms with E-state index in [0.29, 0.717) is 29.4 Å². The van der Waals surface area contributed by atoms with E-state index in [-0.39, 0.29) is 11.9 Å². The van der Waals surface area contributed by atoms with Crippen LogP contribution >= 0.6 is 23.2 Å². The van der Waals surface area contributed by atoms with Crippen molar-refractivity contribution in [2.24, 2.45) is 0 Å². The predicted octanol–water partition coefficient (Wildman–Crippen LogP) is 4.47. The first-order chi connectivity index (χ1) is 12.1. The molecule has 25 heavy (non-hydrogen) atoms.